The Morgan fingerprint density at radius 1 is 1.42 bits per heavy atom. The molecule has 0 aliphatic carbocycles. The minimum absolute atomic E-state index is 0.0608. The van der Waals surface area contributed by atoms with E-state index >= 15 is 0 Å². The number of esters is 1. The lowest BCUT2D eigenvalue weighted by atomic mass is 10.2. The Labute approximate surface area is 146 Å². The van der Waals surface area contributed by atoms with Crippen molar-refractivity contribution in [1.82, 2.24) is 9.38 Å². The number of carbonyl (C=O) groups is 1. The minimum atomic E-state index is -0.553. The molecule has 3 aromatic rings. The highest BCUT2D eigenvalue weighted by molar-refractivity contribution is 9.10. The molecule has 1 aromatic carbocycles. The van der Waals surface area contributed by atoms with Crippen molar-refractivity contribution in [3.8, 4) is 0 Å². The minimum Gasteiger partial charge on any atom is -0.456 e. The van der Waals surface area contributed by atoms with Crippen LogP contribution in [-0.4, -0.2) is 15.4 Å². The first-order chi connectivity index (χ1) is 11.5. The van der Waals surface area contributed by atoms with Crippen LogP contribution < -0.4 is 0 Å². The van der Waals surface area contributed by atoms with Gasteiger partial charge in [-0.05, 0) is 42.8 Å². The number of fused-ring (bicyclic) bond motifs is 1. The zero-order valence-corrected chi connectivity index (χ0v) is 14.5. The van der Waals surface area contributed by atoms with Crippen molar-refractivity contribution < 1.29 is 13.9 Å². The van der Waals surface area contributed by atoms with Crippen LogP contribution in [0.3, 0.4) is 0 Å². The van der Waals surface area contributed by atoms with Gasteiger partial charge in [-0.25, -0.2) is 14.2 Å². The van der Waals surface area contributed by atoms with Crippen molar-refractivity contribution in [2.75, 3.05) is 0 Å². The van der Waals surface area contributed by atoms with Crippen LogP contribution >= 0.6 is 15.9 Å². The van der Waals surface area contributed by atoms with Gasteiger partial charge in [0.25, 0.3) is 0 Å². The van der Waals surface area contributed by atoms with Crippen molar-refractivity contribution in [1.29, 1.82) is 0 Å². The third-order valence-corrected chi connectivity index (χ3v) is 3.94. The van der Waals surface area contributed by atoms with Gasteiger partial charge < -0.3 is 9.14 Å². The van der Waals surface area contributed by atoms with Crippen LogP contribution in [0.2, 0.25) is 0 Å². The summed E-state index contributed by atoms with van der Waals surface area (Å²) in [6.45, 7) is 2.03. The number of benzene rings is 1. The molecule has 0 N–H and O–H groups in total. The summed E-state index contributed by atoms with van der Waals surface area (Å²) in [7, 11) is 0. The van der Waals surface area contributed by atoms with Crippen LogP contribution in [0.25, 0.3) is 11.7 Å². The summed E-state index contributed by atoms with van der Waals surface area (Å²) in [6.07, 6.45) is 6.28. The third kappa shape index (κ3) is 3.71. The second-order valence-corrected chi connectivity index (χ2v) is 6.18. The molecular weight excluding hydrogens is 375 g/mol. The zero-order chi connectivity index (χ0) is 17.1. The fourth-order valence-corrected chi connectivity index (χ4v) is 2.65. The monoisotopic (exact) mass is 388 g/mol. The molecule has 0 fully saturated rings. The average molecular weight is 389 g/mol. The first-order valence-corrected chi connectivity index (χ1v) is 8.05. The van der Waals surface area contributed by atoms with E-state index in [1.165, 1.54) is 18.2 Å². The van der Waals surface area contributed by atoms with Gasteiger partial charge in [0.15, 0.2) is 0 Å². The normalized spacial score (nSPS) is 11.3. The molecule has 0 spiro atoms. The van der Waals surface area contributed by atoms with Crippen LogP contribution in [0, 0.1) is 12.7 Å². The number of hydrogen-bond donors (Lipinski definition) is 0. The Balaban J connectivity index is 1.65. The van der Waals surface area contributed by atoms with Gasteiger partial charge in [-0.2, -0.15) is 0 Å². The van der Waals surface area contributed by atoms with E-state index in [-0.39, 0.29) is 6.61 Å². The fourth-order valence-electron chi connectivity index (χ4n) is 2.27. The lowest BCUT2D eigenvalue weighted by Crippen LogP contribution is -2.01. The molecule has 0 atom stereocenters. The molecule has 0 amide bonds. The Kier molecular flexibility index (Phi) is 4.76. The van der Waals surface area contributed by atoms with Crippen LogP contribution in [0.5, 0.6) is 0 Å². The number of ether oxygens (including phenoxy) is 1. The van der Waals surface area contributed by atoms with Crippen molar-refractivity contribution in [2.45, 2.75) is 13.5 Å². The van der Waals surface area contributed by atoms with Crippen molar-refractivity contribution in [2.24, 2.45) is 0 Å². The van der Waals surface area contributed by atoms with E-state index in [0.717, 1.165) is 15.7 Å². The second kappa shape index (κ2) is 6.97. The van der Waals surface area contributed by atoms with E-state index in [4.69, 9.17) is 4.74 Å². The highest BCUT2D eigenvalue weighted by Gasteiger charge is 2.06. The zero-order valence-electron chi connectivity index (χ0n) is 12.9. The predicted molar refractivity (Wildman–Crippen MR) is 92.9 cm³/mol. The van der Waals surface area contributed by atoms with Gasteiger partial charge in [-0.15, -0.1) is 0 Å². The Hall–Kier alpha value is -2.47. The van der Waals surface area contributed by atoms with Crippen LogP contribution in [0.4, 0.5) is 4.39 Å². The summed E-state index contributed by atoms with van der Waals surface area (Å²) in [5, 5.41) is 0. The Bertz CT molecular complexity index is 934. The van der Waals surface area contributed by atoms with E-state index in [9.17, 15) is 9.18 Å². The maximum absolute atomic E-state index is 13.6. The quantitative estimate of drug-likeness (QED) is 0.494. The number of carbonyl (C=O) groups excluding carboxylic acids is 1. The highest BCUT2D eigenvalue weighted by atomic mass is 79.9. The SMILES string of the molecule is Cc1cccn2cc(COC(=O)/C=C/c3cc(Br)ccc3F)nc12. The molecule has 2 heterocycles. The summed E-state index contributed by atoms with van der Waals surface area (Å²) in [5.41, 5.74) is 2.83. The molecular formula is C18H14BrFN2O2. The highest BCUT2D eigenvalue weighted by Crippen LogP contribution is 2.17. The van der Waals surface area contributed by atoms with Gasteiger partial charge in [-0.3, -0.25) is 0 Å². The Morgan fingerprint density at radius 2 is 2.25 bits per heavy atom. The smallest absolute Gasteiger partial charge is 0.331 e. The number of aromatic nitrogens is 2. The number of nitrogens with zero attached hydrogens (tertiary/aromatic N) is 2. The predicted octanol–water partition coefficient (Wildman–Crippen LogP) is 4.30. The van der Waals surface area contributed by atoms with Gasteiger partial charge in [-0.1, -0.05) is 22.0 Å². The van der Waals surface area contributed by atoms with E-state index in [1.54, 1.807) is 12.1 Å². The standard InChI is InChI=1S/C18H14BrFN2O2/c1-12-3-2-8-22-10-15(21-18(12)22)11-24-17(23)7-4-13-9-14(19)5-6-16(13)20/h2-10H,11H2,1H3/b7-4+. The molecule has 3 rings (SSSR count). The molecule has 0 saturated carbocycles. The summed E-state index contributed by atoms with van der Waals surface area (Å²) >= 11 is 3.26. The summed E-state index contributed by atoms with van der Waals surface area (Å²) in [4.78, 5) is 16.2. The molecule has 4 nitrogen and oxygen atoms in total. The number of hydrogen-bond acceptors (Lipinski definition) is 3. The maximum Gasteiger partial charge on any atom is 0.331 e. The maximum atomic E-state index is 13.6. The topological polar surface area (TPSA) is 43.6 Å². The number of halogens is 2. The van der Waals surface area contributed by atoms with Crippen LogP contribution in [0.15, 0.2) is 53.3 Å². The van der Waals surface area contributed by atoms with Gasteiger partial charge in [0.05, 0.1) is 5.69 Å². The molecule has 0 saturated heterocycles. The van der Waals surface area contributed by atoms with Crippen molar-refractivity contribution >= 4 is 33.6 Å². The molecule has 0 unspecified atom stereocenters. The first-order valence-electron chi connectivity index (χ1n) is 7.26. The lowest BCUT2D eigenvalue weighted by molar-refractivity contribution is -0.139. The summed E-state index contributed by atoms with van der Waals surface area (Å²) < 4.78 is 21.4. The number of aryl methyl sites for hydroxylation is 1. The van der Waals surface area contributed by atoms with Gasteiger partial charge >= 0.3 is 5.97 Å². The molecule has 0 aliphatic rings. The fraction of sp³-hybridized carbons (Fsp3) is 0.111. The van der Waals surface area contributed by atoms with E-state index in [2.05, 4.69) is 20.9 Å². The first kappa shape index (κ1) is 16.4. The molecule has 24 heavy (non-hydrogen) atoms. The lowest BCUT2D eigenvalue weighted by Gasteiger charge is -1.99. The number of rotatable bonds is 4. The second-order valence-electron chi connectivity index (χ2n) is 5.26. The van der Waals surface area contributed by atoms with Gasteiger partial charge in [0, 0.05) is 28.5 Å². The molecule has 0 aliphatic heterocycles. The molecule has 0 radical (unpaired) electrons. The average Bonchev–Trinajstić information content (AvgIpc) is 2.98. The third-order valence-electron chi connectivity index (χ3n) is 3.45. The van der Waals surface area contributed by atoms with E-state index < -0.39 is 11.8 Å². The largest absolute Gasteiger partial charge is 0.456 e. The molecule has 6 heteroatoms. The van der Waals surface area contributed by atoms with Crippen molar-refractivity contribution in [3.05, 3.63) is 75.9 Å². The van der Waals surface area contributed by atoms with E-state index in [1.807, 2.05) is 35.9 Å². The number of pyridine rings is 1. The number of imidazole rings is 1. The molecule has 2 aromatic heterocycles. The van der Waals surface area contributed by atoms with Crippen LogP contribution in [0.1, 0.15) is 16.8 Å². The van der Waals surface area contributed by atoms with Gasteiger partial charge in [0.1, 0.15) is 18.1 Å². The summed E-state index contributed by atoms with van der Waals surface area (Å²) in [5.74, 6) is -0.957. The molecule has 122 valence electrons. The Morgan fingerprint density at radius 3 is 3.04 bits per heavy atom. The van der Waals surface area contributed by atoms with Crippen LogP contribution in [-0.2, 0) is 16.1 Å². The molecule has 0 bridgehead atoms. The summed E-state index contributed by atoms with van der Waals surface area (Å²) in [6, 6.07) is 8.40. The van der Waals surface area contributed by atoms with Crippen molar-refractivity contribution in [3.63, 3.8) is 0 Å². The van der Waals surface area contributed by atoms with Gasteiger partial charge in [0.2, 0.25) is 0 Å². The van der Waals surface area contributed by atoms with E-state index in [0.29, 0.717) is 11.3 Å².